The summed E-state index contributed by atoms with van der Waals surface area (Å²) in [6.45, 7) is 8.45. The minimum Gasteiger partial charge on any atom is -0.371 e. The third-order valence-electron chi connectivity index (χ3n) is 1.84. The van der Waals surface area contributed by atoms with E-state index < -0.39 is 0 Å². The summed E-state index contributed by atoms with van der Waals surface area (Å²) in [5, 5.41) is 0. The van der Waals surface area contributed by atoms with Gasteiger partial charge in [-0.1, -0.05) is 27.2 Å². The highest BCUT2D eigenvalue weighted by Crippen LogP contribution is 2.03. The summed E-state index contributed by atoms with van der Waals surface area (Å²) in [7, 11) is 0. The molecular weight excluding hydrogens is 152 g/mol. The fourth-order valence-corrected chi connectivity index (χ4v) is 0.956. The number of hydrogen-bond donors (Lipinski definition) is 0. The van der Waals surface area contributed by atoms with Crippen LogP contribution in [0.3, 0.4) is 0 Å². The van der Waals surface area contributed by atoms with Crippen molar-refractivity contribution in [1.82, 2.24) is 0 Å². The molecule has 0 aromatic rings. The van der Waals surface area contributed by atoms with Crippen molar-refractivity contribution in [3.63, 3.8) is 0 Å². The van der Waals surface area contributed by atoms with E-state index >= 15 is 0 Å². The Kier molecular flexibility index (Phi) is 5.99. The zero-order valence-corrected chi connectivity index (χ0v) is 8.59. The van der Waals surface area contributed by atoms with Crippen LogP contribution in [0.25, 0.3) is 0 Å². The standard InChI is InChI=1S/C10H20O2/c1-5-6-7-12-9(4)10(11)8(2)3/h8-9H,5-7H2,1-4H3. The predicted molar refractivity (Wildman–Crippen MR) is 50.2 cm³/mol. The molecule has 0 aliphatic carbocycles. The first-order chi connectivity index (χ1) is 5.59. The lowest BCUT2D eigenvalue weighted by molar-refractivity contribution is -0.132. The Bertz CT molecular complexity index is 130. The molecule has 0 aliphatic rings. The van der Waals surface area contributed by atoms with E-state index in [4.69, 9.17) is 4.74 Å². The molecule has 0 saturated carbocycles. The van der Waals surface area contributed by atoms with Crippen LogP contribution in [0.2, 0.25) is 0 Å². The summed E-state index contributed by atoms with van der Waals surface area (Å²) in [5.74, 6) is 0.285. The Labute approximate surface area is 75.3 Å². The molecule has 0 aromatic carbocycles. The summed E-state index contributed by atoms with van der Waals surface area (Å²) in [5.41, 5.74) is 0. The maximum absolute atomic E-state index is 11.3. The van der Waals surface area contributed by atoms with Gasteiger partial charge in [0.25, 0.3) is 0 Å². The molecule has 1 atom stereocenters. The van der Waals surface area contributed by atoms with Gasteiger partial charge in [-0.25, -0.2) is 0 Å². The normalized spacial score (nSPS) is 13.4. The highest BCUT2D eigenvalue weighted by atomic mass is 16.5. The van der Waals surface area contributed by atoms with Crippen LogP contribution >= 0.6 is 0 Å². The Hall–Kier alpha value is -0.370. The van der Waals surface area contributed by atoms with Crippen LogP contribution < -0.4 is 0 Å². The van der Waals surface area contributed by atoms with Gasteiger partial charge in [-0.2, -0.15) is 0 Å². The molecule has 0 saturated heterocycles. The Morgan fingerprint density at radius 1 is 1.33 bits per heavy atom. The molecule has 0 radical (unpaired) electrons. The van der Waals surface area contributed by atoms with Gasteiger partial charge in [-0.05, 0) is 13.3 Å². The topological polar surface area (TPSA) is 26.3 Å². The Balaban J connectivity index is 3.57. The minimum atomic E-state index is -0.225. The van der Waals surface area contributed by atoms with E-state index in [-0.39, 0.29) is 17.8 Å². The first-order valence-corrected chi connectivity index (χ1v) is 4.75. The van der Waals surface area contributed by atoms with Crippen LogP contribution in [-0.2, 0) is 9.53 Å². The second-order valence-electron chi connectivity index (χ2n) is 3.42. The molecule has 0 aromatic heterocycles. The number of ketones is 1. The van der Waals surface area contributed by atoms with Crippen LogP contribution in [0.15, 0.2) is 0 Å². The van der Waals surface area contributed by atoms with Crippen LogP contribution in [-0.4, -0.2) is 18.5 Å². The van der Waals surface area contributed by atoms with Crippen molar-refractivity contribution < 1.29 is 9.53 Å². The number of hydrogen-bond acceptors (Lipinski definition) is 2. The molecule has 0 bridgehead atoms. The fourth-order valence-electron chi connectivity index (χ4n) is 0.956. The summed E-state index contributed by atoms with van der Waals surface area (Å²) < 4.78 is 5.36. The maximum Gasteiger partial charge on any atom is 0.163 e. The zero-order valence-electron chi connectivity index (χ0n) is 8.59. The lowest BCUT2D eigenvalue weighted by Crippen LogP contribution is -2.25. The summed E-state index contributed by atoms with van der Waals surface area (Å²) in [6, 6.07) is 0. The monoisotopic (exact) mass is 172 g/mol. The molecule has 12 heavy (non-hydrogen) atoms. The van der Waals surface area contributed by atoms with Crippen LogP contribution in [0.4, 0.5) is 0 Å². The molecule has 0 N–H and O–H groups in total. The molecule has 0 aliphatic heterocycles. The van der Waals surface area contributed by atoms with E-state index in [1.165, 1.54) is 0 Å². The quantitative estimate of drug-likeness (QED) is 0.575. The molecule has 72 valence electrons. The van der Waals surface area contributed by atoms with Crippen molar-refractivity contribution in [2.24, 2.45) is 5.92 Å². The number of carbonyl (C=O) groups excluding carboxylic acids is 1. The first kappa shape index (κ1) is 11.6. The summed E-state index contributed by atoms with van der Waals surface area (Å²) >= 11 is 0. The number of carbonyl (C=O) groups is 1. The number of rotatable bonds is 6. The van der Waals surface area contributed by atoms with E-state index in [1.807, 2.05) is 20.8 Å². The fraction of sp³-hybridized carbons (Fsp3) is 0.900. The largest absolute Gasteiger partial charge is 0.371 e. The van der Waals surface area contributed by atoms with Crippen LogP contribution in [0.5, 0.6) is 0 Å². The van der Waals surface area contributed by atoms with E-state index in [1.54, 1.807) is 0 Å². The Morgan fingerprint density at radius 3 is 2.33 bits per heavy atom. The van der Waals surface area contributed by atoms with Gasteiger partial charge in [-0.3, -0.25) is 4.79 Å². The molecule has 2 nitrogen and oxygen atoms in total. The highest BCUT2D eigenvalue weighted by Gasteiger charge is 2.15. The second-order valence-corrected chi connectivity index (χ2v) is 3.42. The van der Waals surface area contributed by atoms with Gasteiger partial charge < -0.3 is 4.74 Å². The van der Waals surface area contributed by atoms with Crippen molar-refractivity contribution in [2.75, 3.05) is 6.61 Å². The predicted octanol–water partition coefficient (Wildman–Crippen LogP) is 2.42. The second kappa shape index (κ2) is 6.18. The van der Waals surface area contributed by atoms with Crippen molar-refractivity contribution in [3.8, 4) is 0 Å². The van der Waals surface area contributed by atoms with Crippen molar-refractivity contribution in [2.45, 2.75) is 46.6 Å². The number of Topliss-reactive ketones (excluding diaryl/α,β-unsaturated/α-hetero) is 1. The van der Waals surface area contributed by atoms with Gasteiger partial charge in [0.2, 0.25) is 0 Å². The lowest BCUT2D eigenvalue weighted by Gasteiger charge is -2.13. The number of ether oxygens (including phenoxy) is 1. The van der Waals surface area contributed by atoms with Gasteiger partial charge >= 0.3 is 0 Å². The molecule has 0 amide bonds. The van der Waals surface area contributed by atoms with E-state index in [9.17, 15) is 4.79 Å². The third kappa shape index (κ3) is 4.50. The average Bonchev–Trinajstić information content (AvgIpc) is 2.03. The van der Waals surface area contributed by atoms with E-state index in [0.29, 0.717) is 6.61 Å². The van der Waals surface area contributed by atoms with Gasteiger partial charge in [0.15, 0.2) is 5.78 Å². The molecule has 0 heterocycles. The SMILES string of the molecule is CCCCOC(C)C(=O)C(C)C. The molecule has 0 rings (SSSR count). The van der Waals surface area contributed by atoms with Crippen LogP contribution in [0, 0.1) is 5.92 Å². The van der Waals surface area contributed by atoms with E-state index in [0.717, 1.165) is 12.8 Å². The molecule has 2 heteroatoms. The highest BCUT2D eigenvalue weighted by molar-refractivity contribution is 5.84. The number of unbranched alkanes of at least 4 members (excludes halogenated alkanes) is 1. The molecular formula is C10H20O2. The third-order valence-corrected chi connectivity index (χ3v) is 1.84. The van der Waals surface area contributed by atoms with Crippen molar-refractivity contribution in [3.05, 3.63) is 0 Å². The zero-order chi connectivity index (χ0) is 9.56. The van der Waals surface area contributed by atoms with Gasteiger partial charge in [-0.15, -0.1) is 0 Å². The minimum absolute atomic E-state index is 0.0848. The smallest absolute Gasteiger partial charge is 0.163 e. The maximum atomic E-state index is 11.3. The molecule has 0 spiro atoms. The molecule has 1 unspecified atom stereocenters. The van der Waals surface area contributed by atoms with Gasteiger partial charge in [0.1, 0.15) is 6.10 Å². The first-order valence-electron chi connectivity index (χ1n) is 4.75. The van der Waals surface area contributed by atoms with Gasteiger partial charge in [0, 0.05) is 12.5 Å². The summed E-state index contributed by atoms with van der Waals surface area (Å²) in [6.07, 6.45) is 1.93. The summed E-state index contributed by atoms with van der Waals surface area (Å²) in [4.78, 5) is 11.3. The lowest BCUT2D eigenvalue weighted by atomic mass is 10.1. The van der Waals surface area contributed by atoms with E-state index in [2.05, 4.69) is 6.92 Å². The average molecular weight is 172 g/mol. The van der Waals surface area contributed by atoms with Crippen molar-refractivity contribution in [1.29, 1.82) is 0 Å². The van der Waals surface area contributed by atoms with Crippen LogP contribution in [0.1, 0.15) is 40.5 Å². The molecule has 0 fully saturated rings. The van der Waals surface area contributed by atoms with Gasteiger partial charge in [0.05, 0.1) is 0 Å². The Morgan fingerprint density at radius 2 is 1.92 bits per heavy atom. The van der Waals surface area contributed by atoms with Crippen molar-refractivity contribution >= 4 is 5.78 Å².